The summed E-state index contributed by atoms with van der Waals surface area (Å²) in [5, 5.41) is 2.87. The molecule has 0 saturated carbocycles. The third kappa shape index (κ3) is 3.88. The number of nitrogens with one attached hydrogen (secondary N) is 1. The highest BCUT2D eigenvalue weighted by Gasteiger charge is 2.19. The monoisotopic (exact) mass is 368 g/mol. The van der Waals surface area contributed by atoms with Crippen LogP contribution < -0.4 is 14.8 Å². The van der Waals surface area contributed by atoms with E-state index in [-0.39, 0.29) is 18.6 Å². The van der Waals surface area contributed by atoms with Crippen LogP contribution in [0, 0.1) is 0 Å². The summed E-state index contributed by atoms with van der Waals surface area (Å²) in [6.45, 7) is 2.91. The molecule has 2 heterocycles. The van der Waals surface area contributed by atoms with Gasteiger partial charge in [0.2, 0.25) is 6.79 Å². The van der Waals surface area contributed by atoms with Crippen molar-refractivity contribution in [1.29, 1.82) is 0 Å². The van der Waals surface area contributed by atoms with Gasteiger partial charge in [-0.15, -0.1) is 0 Å². The fraction of sp³-hybridized carbons (Fsp3) is 0.300. The van der Waals surface area contributed by atoms with E-state index in [2.05, 4.69) is 5.32 Å². The zero-order valence-corrected chi connectivity index (χ0v) is 14.8. The van der Waals surface area contributed by atoms with Crippen LogP contribution in [0.3, 0.4) is 0 Å². The van der Waals surface area contributed by atoms with Crippen molar-refractivity contribution >= 4 is 11.8 Å². The van der Waals surface area contributed by atoms with Crippen molar-refractivity contribution in [2.24, 2.45) is 0 Å². The molecule has 1 saturated heterocycles. The molecule has 2 aliphatic rings. The predicted octanol–water partition coefficient (Wildman–Crippen LogP) is 1.82. The molecule has 0 radical (unpaired) electrons. The van der Waals surface area contributed by atoms with E-state index in [0.29, 0.717) is 55.5 Å². The van der Waals surface area contributed by atoms with Gasteiger partial charge in [0.05, 0.1) is 13.2 Å². The number of fused-ring (bicyclic) bond motifs is 1. The van der Waals surface area contributed by atoms with Crippen LogP contribution in [0.5, 0.6) is 11.5 Å². The van der Waals surface area contributed by atoms with Gasteiger partial charge in [-0.3, -0.25) is 9.59 Å². The largest absolute Gasteiger partial charge is 0.454 e. The summed E-state index contributed by atoms with van der Waals surface area (Å²) in [5.74, 6) is 1.17. The van der Waals surface area contributed by atoms with E-state index in [9.17, 15) is 9.59 Å². The van der Waals surface area contributed by atoms with Crippen molar-refractivity contribution in [1.82, 2.24) is 10.2 Å². The second-order valence-corrected chi connectivity index (χ2v) is 6.35. The van der Waals surface area contributed by atoms with E-state index in [0.717, 1.165) is 5.56 Å². The minimum Gasteiger partial charge on any atom is -0.454 e. The number of carbonyl (C=O) groups is 2. The predicted molar refractivity (Wildman–Crippen MR) is 96.9 cm³/mol. The number of benzene rings is 2. The first-order chi connectivity index (χ1) is 13.2. The van der Waals surface area contributed by atoms with E-state index < -0.39 is 0 Å². The van der Waals surface area contributed by atoms with Gasteiger partial charge in [0.1, 0.15) is 0 Å². The van der Waals surface area contributed by atoms with Gasteiger partial charge in [-0.25, -0.2) is 0 Å². The van der Waals surface area contributed by atoms with Crippen LogP contribution in [0.2, 0.25) is 0 Å². The summed E-state index contributed by atoms with van der Waals surface area (Å²) in [7, 11) is 0. The minimum atomic E-state index is -0.196. The third-order valence-electron chi connectivity index (χ3n) is 4.58. The second-order valence-electron chi connectivity index (χ2n) is 6.35. The second kappa shape index (κ2) is 7.67. The number of hydrogen-bond donors (Lipinski definition) is 1. The molecule has 2 aliphatic heterocycles. The van der Waals surface area contributed by atoms with Gasteiger partial charge in [0.25, 0.3) is 11.8 Å². The van der Waals surface area contributed by atoms with Crippen molar-refractivity contribution in [3.05, 3.63) is 59.2 Å². The molecule has 0 spiro atoms. The normalized spacial score (nSPS) is 15.5. The molecule has 0 aliphatic carbocycles. The Balaban J connectivity index is 1.35. The molecule has 27 heavy (non-hydrogen) atoms. The average Bonchev–Trinajstić information content (AvgIpc) is 3.20. The van der Waals surface area contributed by atoms with Gasteiger partial charge < -0.3 is 24.4 Å². The molecular weight excluding hydrogens is 348 g/mol. The number of nitrogens with zero attached hydrogens (tertiary/aromatic N) is 1. The van der Waals surface area contributed by atoms with Crippen molar-refractivity contribution < 1.29 is 23.8 Å². The van der Waals surface area contributed by atoms with Gasteiger partial charge in [0, 0.05) is 30.8 Å². The van der Waals surface area contributed by atoms with E-state index in [4.69, 9.17) is 14.2 Å². The summed E-state index contributed by atoms with van der Waals surface area (Å²) in [4.78, 5) is 26.6. The molecule has 4 rings (SSSR count). The zero-order chi connectivity index (χ0) is 18.6. The molecule has 0 bridgehead atoms. The maximum Gasteiger partial charge on any atom is 0.254 e. The van der Waals surface area contributed by atoms with Crippen LogP contribution >= 0.6 is 0 Å². The lowest BCUT2D eigenvalue weighted by Gasteiger charge is -2.26. The summed E-state index contributed by atoms with van der Waals surface area (Å²) >= 11 is 0. The van der Waals surface area contributed by atoms with Crippen LogP contribution in [0.25, 0.3) is 0 Å². The van der Waals surface area contributed by atoms with E-state index in [1.807, 2.05) is 18.2 Å². The number of rotatable bonds is 4. The number of carbonyl (C=O) groups excluding carboxylic acids is 2. The number of morpholine rings is 1. The van der Waals surface area contributed by atoms with Crippen molar-refractivity contribution in [2.75, 3.05) is 33.1 Å². The van der Waals surface area contributed by atoms with Crippen LogP contribution in [0.1, 0.15) is 26.3 Å². The first kappa shape index (κ1) is 17.4. The van der Waals surface area contributed by atoms with E-state index in [1.165, 1.54) is 0 Å². The molecule has 0 unspecified atom stereocenters. The first-order valence-electron chi connectivity index (χ1n) is 8.84. The lowest BCUT2D eigenvalue weighted by atomic mass is 10.1. The molecule has 0 atom stereocenters. The van der Waals surface area contributed by atoms with Gasteiger partial charge in [-0.1, -0.05) is 6.07 Å². The molecule has 2 aromatic carbocycles. The SMILES string of the molecule is O=C(NCc1ccc2c(c1)OCO2)c1ccc(C(=O)N2CCOCC2)cc1. The summed E-state index contributed by atoms with van der Waals surface area (Å²) in [5.41, 5.74) is 2.00. The maximum atomic E-state index is 12.4. The Kier molecular flexibility index (Phi) is 4.93. The maximum absolute atomic E-state index is 12.4. The fourth-order valence-electron chi connectivity index (χ4n) is 3.05. The van der Waals surface area contributed by atoms with Gasteiger partial charge in [-0.2, -0.15) is 0 Å². The highest BCUT2D eigenvalue weighted by Crippen LogP contribution is 2.32. The number of amides is 2. The standard InChI is InChI=1S/C20H20N2O5/c23-19(21-12-14-1-6-17-18(11-14)27-13-26-17)15-2-4-16(5-3-15)20(24)22-7-9-25-10-8-22/h1-6,11H,7-10,12-13H2,(H,21,23). The summed E-state index contributed by atoms with van der Waals surface area (Å²) in [6.07, 6.45) is 0. The zero-order valence-electron chi connectivity index (χ0n) is 14.8. The Morgan fingerprint density at radius 3 is 2.41 bits per heavy atom. The van der Waals surface area contributed by atoms with Crippen molar-refractivity contribution in [3.8, 4) is 11.5 Å². The Labute approximate surface area is 156 Å². The lowest BCUT2D eigenvalue weighted by Crippen LogP contribution is -2.40. The van der Waals surface area contributed by atoms with Crippen molar-refractivity contribution in [3.63, 3.8) is 0 Å². The van der Waals surface area contributed by atoms with Gasteiger partial charge in [0.15, 0.2) is 11.5 Å². The highest BCUT2D eigenvalue weighted by atomic mass is 16.7. The molecule has 7 heteroatoms. The third-order valence-corrected chi connectivity index (χ3v) is 4.58. The first-order valence-corrected chi connectivity index (χ1v) is 8.84. The Bertz CT molecular complexity index is 844. The van der Waals surface area contributed by atoms with Gasteiger partial charge >= 0.3 is 0 Å². The molecule has 2 amide bonds. The van der Waals surface area contributed by atoms with Crippen LogP contribution in [0.15, 0.2) is 42.5 Å². The molecule has 1 fully saturated rings. The molecular formula is C20H20N2O5. The van der Waals surface area contributed by atoms with Gasteiger partial charge in [-0.05, 0) is 42.0 Å². The van der Waals surface area contributed by atoms with Crippen LogP contribution in [-0.4, -0.2) is 49.8 Å². The lowest BCUT2D eigenvalue weighted by molar-refractivity contribution is 0.0303. The molecule has 140 valence electrons. The van der Waals surface area contributed by atoms with E-state index in [1.54, 1.807) is 29.2 Å². The molecule has 2 aromatic rings. The molecule has 1 N–H and O–H groups in total. The number of hydrogen-bond acceptors (Lipinski definition) is 5. The Morgan fingerprint density at radius 1 is 0.926 bits per heavy atom. The Hall–Kier alpha value is -3.06. The highest BCUT2D eigenvalue weighted by molar-refractivity contribution is 5.97. The topological polar surface area (TPSA) is 77.1 Å². The van der Waals surface area contributed by atoms with Crippen LogP contribution in [0.4, 0.5) is 0 Å². The summed E-state index contributed by atoms with van der Waals surface area (Å²) < 4.78 is 15.9. The number of ether oxygens (including phenoxy) is 3. The quantitative estimate of drug-likeness (QED) is 0.891. The summed E-state index contributed by atoms with van der Waals surface area (Å²) in [6, 6.07) is 12.3. The molecule has 0 aromatic heterocycles. The van der Waals surface area contributed by atoms with Crippen LogP contribution in [-0.2, 0) is 11.3 Å². The Morgan fingerprint density at radius 2 is 1.63 bits per heavy atom. The van der Waals surface area contributed by atoms with Crippen molar-refractivity contribution in [2.45, 2.75) is 6.54 Å². The fourth-order valence-corrected chi connectivity index (χ4v) is 3.05. The minimum absolute atomic E-state index is 0.0365. The molecule has 7 nitrogen and oxygen atoms in total. The average molecular weight is 368 g/mol. The smallest absolute Gasteiger partial charge is 0.254 e. The van der Waals surface area contributed by atoms with E-state index >= 15 is 0 Å².